The number of allylic oxidation sites excluding steroid dienone is 1. The zero-order chi connectivity index (χ0) is 24.6. The van der Waals surface area contributed by atoms with Crippen molar-refractivity contribution in [3.63, 3.8) is 0 Å². The molecule has 0 radical (unpaired) electrons. The fraction of sp³-hybridized carbons (Fsp3) is 0.774. The van der Waals surface area contributed by atoms with Crippen LogP contribution in [0.4, 0.5) is 0 Å². The van der Waals surface area contributed by atoms with Gasteiger partial charge < -0.3 is 10.2 Å². The van der Waals surface area contributed by atoms with Gasteiger partial charge in [0.2, 0.25) is 0 Å². The van der Waals surface area contributed by atoms with Gasteiger partial charge in [-0.25, -0.2) is 0 Å². The molecule has 3 heteroatoms. The molecule has 4 rings (SSSR count). The zero-order valence-corrected chi connectivity index (χ0v) is 22.4. The van der Waals surface area contributed by atoms with Crippen LogP contribution in [-0.4, -0.2) is 20.8 Å². The van der Waals surface area contributed by atoms with Crippen LogP contribution in [0.25, 0.3) is 0 Å². The highest BCUT2D eigenvalue weighted by Gasteiger charge is 2.49. The average Bonchev–Trinajstić information content (AvgIpc) is 3.11. The Morgan fingerprint density at radius 1 is 1.12 bits per heavy atom. The number of aliphatic hydroxyl groups excluding tert-OH is 1. The maximum atomic E-state index is 10.7. The molecule has 2 fully saturated rings. The predicted molar refractivity (Wildman–Crippen MR) is 140 cm³/mol. The summed E-state index contributed by atoms with van der Waals surface area (Å²) in [6.07, 6.45) is 18.3. The molecule has 1 heterocycles. The number of aliphatic hydroxyl groups is 2. The Bertz CT molecular complexity index is 848. The van der Waals surface area contributed by atoms with E-state index in [4.69, 9.17) is 0 Å². The minimum absolute atomic E-state index is 0.285. The zero-order valence-electron chi connectivity index (χ0n) is 22.4. The van der Waals surface area contributed by atoms with E-state index in [9.17, 15) is 10.2 Å². The van der Waals surface area contributed by atoms with Gasteiger partial charge in [-0.1, -0.05) is 45.4 Å². The lowest BCUT2D eigenvalue weighted by molar-refractivity contribution is -0.00854. The maximum Gasteiger partial charge on any atom is 0.0805 e. The molecule has 34 heavy (non-hydrogen) atoms. The molecular weight excluding hydrogens is 418 g/mol. The standard InChI is InChI=1S/C31H49NO2/c1-22(11-14-28(33)24-8-7-19-32-21-24)27-13-12-23(2)30(27,4)16-15-25-9-6-10-26-20-29(3,34)17-18-31(25,26)5/h7-8,10,19,21-23,25,27-28,33-34H,6,9,11-18,20H2,1-5H3/t22-,23-,25-,27-,28?,29+,30+,31-/m1/s1. The molecule has 0 aromatic carbocycles. The van der Waals surface area contributed by atoms with E-state index < -0.39 is 11.7 Å². The van der Waals surface area contributed by atoms with Gasteiger partial charge in [0.25, 0.3) is 0 Å². The summed E-state index contributed by atoms with van der Waals surface area (Å²) in [5.41, 5.74) is 2.64. The summed E-state index contributed by atoms with van der Waals surface area (Å²) in [5, 5.41) is 21.4. The fourth-order valence-electron chi connectivity index (χ4n) is 8.07. The average molecular weight is 468 g/mol. The monoisotopic (exact) mass is 467 g/mol. The lowest BCUT2D eigenvalue weighted by Gasteiger charge is -2.51. The van der Waals surface area contributed by atoms with Gasteiger partial charge in [-0.2, -0.15) is 0 Å². The number of pyridine rings is 1. The topological polar surface area (TPSA) is 53.4 Å². The Kier molecular flexibility index (Phi) is 7.65. The van der Waals surface area contributed by atoms with E-state index >= 15 is 0 Å². The van der Waals surface area contributed by atoms with Gasteiger partial charge in [-0.3, -0.25) is 4.98 Å². The van der Waals surface area contributed by atoms with Gasteiger partial charge in [0.1, 0.15) is 0 Å². The first-order valence-corrected chi connectivity index (χ1v) is 14.0. The van der Waals surface area contributed by atoms with E-state index in [-0.39, 0.29) is 5.41 Å². The molecule has 0 amide bonds. The first-order chi connectivity index (χ1) is 16.1. The summed E-state index contributed by atoms with van der Waals surface area (Å²) in [6, 6.07) is 3.90. The highest BCUT2D eigenvalue weighted by Crippen LogP contribution is 2.58. The summed E-state index contributed by atoms with van der Waals surface area (Å²) >= 11 is 0. The van der Waals surface area contributed by atoms with Crippen LogP contribution in [-0.2, 0) is 0 Å². The number of hydrogen-bond donors (Lipinski definition) is 2. The van der Waals surface area contributed by atoms with Crippen molar-refractivity contribution in [3.8, 4) is 0 Å². The molecule has 1 aromatic heterocycles. The fourth-order valence-corrected chi connectivity index (χ4v) is 8.07. The van der Waals surface area contributed by atoms with Gasteiger partial charge in [-0.15, -0.1) is 0 Å². The van der Waals surface area contributed by atoms with Crippen LogP contribution < -0.4 is 0 Å². The van der Waals surface area contributed by atoms with Gasteiger partial charge in [0, 0.05) is 12.4 Å². The van der Waals surface area contributed by atoms with Crippen molar-refractivity contribution in [1.82, 2.24) is 4.98 Å². The van der Waals surface area contributed by atoms with Gasteiger partial charge in [0.15, 0.2) is 0 Å². The third-order valence-corrected chi connectivity index (χ3v) is 10.9. The first kappa shape index (κ1) is 25.9. The summed E-state index contributed by atoms with van der Waals surface area (Å²) in [5.74, 6) is 2.88. The van der Waals surface area contributed by atoms with E-state index in [1.165, 1.54) is 38.5 Å². The third kappa shape index (κ3) is 5.16. The number of aromatic nitrogens is 1. The molecule has 3 aliphatic carbocycles. The molecule has 1 unspecified atom stereocenters. The Labute approximate surface area is 208 Å². The molecule has 8 atom stereocenters. The summed E-state index contributed by atoms with van der Waals surface area (Å²) in [7, 11) is 0. The summed E-state index contributed by atoms with van der Waals surface area (Å²) in [6.45, 7) is 12.0. The highest BCUT2D eigenvalue weighted by atomic mass is 16.3. The van der Waals surface area contributed by atoms with Crippen molar-refractivity contribution >= 4 is 0 Å². The molecule has 2 N–H and O–H groups in total. The van der Waals surface area contributed by atoms with Crippen molar-refractivity contribution < 1.29 is 10.2 Å². The molecule has 0 bridgehead atoms. The largest absolute Gasteiger partial charge is 0.390 e. The van der Waals surface area contributed by atoms with Crippen LogP contribution in [0.1, 0.15) is 117 Å². The SMILES string of the molecule is C[C@H](CCC(O)c1cccnc1)[C@H]1CC[C@@H](C)[C@]1(C)CC[C@H]1CCC=C2C[C@@](C)(O)CC[C@@]21C. The van der Waals surface area contributed by atoms with Crippen LogP contribution >= 0.6 is 0 Å². The first-order valence-electron chi connectivity index (χ1n) is 14.0. The van der Waals surface area contributed by atoms with Crippen LogP contribution in [0.5, 0.6) is 0 Å². The molecular formula is C31H49NO2. The molecule has 0 aliphatic heterocycles. The van der Waals surface area contributed by atoms with Gasteiger partial charge in [-0.05, 0) is 124 Å². The molecule has 190 valence electrons. The minimum atomic E-state index is -0.514. The predicted octanol–water partition coefficient (Wildman–Crippen LogP) is 7.64. The Morgan fingerprint density at radius 2 is 1.91 bits per heavy atom. The highest BCUT2D eigenvalue weighted by molar-refractivity contribution is 5.23. The second-order valence-electron chi connectivity index (χ2n) is 13.1. The number of nitrogens with zero attached hydrogens (tertiary/aromatic N) is 1. The minimum Gasteiger partial charge on any atom is -0.390 e. The van der Waals surface area contributed by atoms with Crippen molar-refractivity contribution in [2.24, 2.45) is 34.5 Å². The van der Waals surface area contributed by atoms with Crippen molar-refractivity contribution in [2.45, 2.75) is 117 Å². The summed E-state index contributed by atoms with van der Waals surface area (Å²) in [4.78, 5) is 4.18. The quantitative estimate of drug-likeness (QED) is 0.386. The molecule has 2 saturated carbocycles. The lowest BCUT2D eigenvalue weighted by Crippen LogP contribution is -2.43. The van der Waals surface area contributed by atoms with E-state index in [0.717, 1.165) is 55.4 Å². The second-order valence-corrected chi connectivity index (χ2v) is 13.1. The smallest absolute Gasteiger partial charge is 0.0805 e. The molecule has 1 aromatic rings. The van der Waals surface area contributed by atoms with Gasteiger partial charge >= 0.3 is 0 Å². The Morgan fingerprint density at radius 3 is 2.65 bits per heavy atom. The van der Waals surface area contributed by atoms with E-state index in [1.54, 1.807) is 18.0 Å². The maximum absolute atomic E-state index is 10.7. The van der Waals surface area contributed by atoms with Crippen molar-refractivity contribution in [1.29, 1.82) is 0 Å². The van der Waals surface area contributed by atoms with Crippen LogP contribution in [0.3, 0.4) is 0 Å². The normalized spacial score (nSPS) is 39.9. The van der Waals surface area contributed by atoms with Gasteiger partial charge in [0.05, 0.1) is 11.7 Å². The van der Waals surface area contributed by atoms with Crippen molar-refractivity contribution in [3.05, 3.63) is 41.7 Å². The van der Waals surface area contributed by atoms with Crippen molar-refractivity contribution in [2.75, 3.05) is 0 Å². The van der Waals surface area contributed by atoms with Crippen LogP contribution in [0.15, 0.2) is 36.2 Å². The molecule has 3 nitrogen and oxygen atoms in total. The van der Waals surface area contributed by atoms with Crippen LogP contribution in [0, 0.1) is 34.5 Å². The number of hydrogen-bond acceptors (Lipinski definition) is 3. The molecule has 3 aliphatic rings. The summed E-state index contributed by atoms with van der Waals surface area (Å²) < 4.78 is 0. The number of fused-ring (bicyclic) bond motifs is 1. The Hall–Kier alpha value is -1.19. The number of rotatable bonds is 8. The van der Waals surface area contributed by atoms with E-state index in [2.05, 4.69) is 38.8 Å². The van der Waals surface area contributed by atoms with E-state index in [1.807, 2.05) is 19.1 Å². The lowest BCUT2D eigenvalue weighted by atomic mass is 9.55. The second kappa shape index (κ2) is 10.1. The molecule has 0 saturated heterocycles. The van der Waals surface area contributed by atoms with Crippen LogP contribution in [0.2, 0.25) is 0 Å². The third-order valence-electron chi connectivity index (χ3n) is 10.9. The molecule has 0 spiro atoms. The Balaban J connectivity index is 1.39. The van der Waals surface area contributed by atoms with E-state index in [0.29, 0.717) is 11.3 Å².